The zero-order valence-corrected chi connectivity index (χ0v) is 27.7. The largest absolute Gasteiger partial charge is 0.482 e. The Morgan fingerprint density at radius 3 is 2.23 bits per heavy atom. The number of hydrogen-bond donors (Lipinski definition) is 2. The fraction of sp³-hybridized carbons (Fsp3) is 0.389. The Bertz CT molecular complexity index is 1600. The summed E-state index contributed by atoms with van der Waals surface area (Å²) >= 11 is 0. The van der Waals surface area contributed by atoms with Crippen LogP contribution in [0, 0.1) is 17.6 Å². The molecular formula is C36H42F2N4O6. The summed E-state index contributed by atoms with van der Waals surface area (Å²) in [5, 5.41) is 5.23. The lowest BCUT2D eigenvalue weighted by molar-refractivity contribution is -0.120. The average Bonchev–Trinajstić information content (AvgIpc) is 3.05. The smallest absolute Gasteiger partial charge is 0.338 e. The van der Waals surface area contributed by atoms with Gasteiger partial charge in [0.15, 0.2) is 6.61 Å². The molecule has 1 aliphatic rings. The van der Waals surface area contributed by atoms with Crippen LogP contribution in [-0.4, -0.2) is 56.2 Å². The number of hydrogen-bond acceptors (Lipinski definition) is 6. The second-order valence-electron chi connectivity index (χ2n) is 12.7. The predicted molar refractivity (Wildman–Crippen MR) is 179 cm³/mol. The van der Waals surface area contributed by atoms with Gasteiger partial charge in [-0.1, -0.05) is 43.5 Å². The maximum absolute atomic E-state index is 14.3. The van der Waals surface area contributed by atoms with Gasteiger partial charge < -0.3 is 29.9 Å². The Kier molecular flexibility index (Phi) is 12.1. The topological polar surface area (TPSA) is 117 Å². The summed E-state index contributed by atoms with van der Waals surface area (Å²) in [6, 6.07) is 15.6. The second-order valence-corrected chi connectivity index (χ2v) is 12.7. The molecule has 4 rings (SSSR count). The van der Waals surface area contributed by atoms with Crippen molar-refractivity contribution in [1.29, 1.82) is 0 Å². The normalized spacial score (nSPS) is 13.3. The number of amides is 4. The van der Waals surface area contributed by atoms with Crippen molar-refractivity contribution < 1.29 is 37.4 Å². The van der Waals surface area contributed by atoms with E-state index in [1.54, 1.807) is 68.1 Å². The Labute approximate surface area is 279 Å². The van der Waals surface area contributed by atoms with Gasteiger partial charge in [0.05, 0.1) is 17.8 Å². The lowest BCUT2D eigenvalue weighted by Crippen LogP contribution is -2.44. The van der Waals surface area contributed by atoms with Crippen molar-refractivity contribution in [2.24, 2.45) is 5.92 Å². The molecule has 0 aromatic heterocycles. The van der Waals surface area contributed by atoms with Crippen molar-refractivity contribution in [3.63, 3.8) is 0 Å². The highest BCUT2D eigenvalue weighted by Gasteiger charge is 2.26. The molecule has 0 unspecified atom stereocenters. The van der Waals surface area contributed by atoms with Gasteiger partial charge >= 0.3 is 12.0 Å². The minimum atomic E-state index is -0.886. The lowest BCUT2D eigenvalue weighted by Gasteiger charge is -2.31. The van der Waals surface area contributed by atoms with Crippen LogP contribution in [0.3, 0.4) is 0 Å². The third-order valence-corrected chi connectivity index (χ3v) is 7.78. The number of anilines is 3. The van der Waals surface area contributed by atoms with Crippen LogP contribution in [0.4, 0.5) is 30.6 Å². The number of urea groups is 1. The van der Waals surface area contributed by atoms with Crippen LogP contribution in [-0.2, 0) is 14.3 Å². The molecule has 2 N–H and O–H groups in total. The molecule has 48 heavy (non-hydrogen) atoms. The first-order valence-electron chi connectivity index (χ1n) is 15.9. The molecule has 3 aromatic rings. The van der Waals surface area contributed by atoms with E-state index in [0.717, 1.165) is 49.1 Å². The molecule has 0 atom stereocenters. The minimum Gasteiger partial charge on any atom is -0.482 e. The van der Waals surface area contributed by atoms with Crippen LogP contribution in [0.5, 0.6) is 5.75 Å². The molecule has 0 saturated heterocycles. The number of benzene rings is 3. The Morgan fingerprint density at radius 1 is 0.875 bits per heavy atom. The van der Waals surface area contributed by atoms with Crippen LogP contribution in [0.15, 0.2) is 66.7 Å². The molecule has 0 spiro atoms. The number of para-hydroxylation sites is 3. The van der Waals surface area contributed by atoms with Gasteiger partial charge in [-0.2, -0.15) is 0 Å². The molecule has 256 valence electrons. The van der Waals surface area contributed by atoms with Gasteiger partial charge in [-0.05, 0) is 82.0 Å². The first-order valence-corrected chi connectivity index (χ1v) is 15.9. The number of halogens is 2. The van der Waals surface area contributed by atoms with Crippen molar-refractivity contribution in [2.45, 2.75) is 58.5 Å². The predicted octanol–water partition coefficient (Wildman–Crippen LogP) is 6.70. The summed E-state index contributed by atoms with van der Waals surface area (Å²) < 4.78 is 39.8. The van der Waals surface area contributed by atoms with Gasteiger partial charge in [-0.15, -0.1) is 0 Å². The van der Waals surface area contributed by atoms with E-state index in [4.69, 9.17) is 9.47 Å². The van der Waals surface area contributed by atoms with E-state index < -0.39 is 53.3 Å². The van der Waals surface area contributed by atoms with Crippen molar-refractivity contribution in [1.82, 2.24) is 5.32 Å². The first kappa shape index (κ1) is 35.8. The third-order valence-electron chi connectivity index (χ3n) is 7.78. The molecule has 0 radical (unpaired) electrons. The molecule has 0 aliphatic heterocycles. The van der Waals surface area contributed by atoms with E-state index in [0.29, 0.717) is 17.9 Å². The lowest BCUT2D eigenvalue weighted by atomic mass is 9.89. The summed E-state index contributed by atoms with van der Waals surface area (Å²) in [5.74, 6) is -2.98. The maximum atomic E-state index is 14.3. The Hall–Kier alpha value is -5.00. The van der Waals surface area contributed by atoms with E-state index in [1.165, 1.54) is 19.2 Å². The molecule has 1 fully saturated rings. The summed E-state index contributed by atoms with van der Waals surface area (Å²) in [7, 11) is 1.25. The fourth-order valence-corrected chi connectivity index (χ4v) is 5.42. The maximum Gasteiger partial charge on any atom is 0.338 e. The standard InChI is InChI=1S/C36H42F2N4O6/c1-36(2,3)48-34(45)25-14-10-15-26(20-25)40-35(46)39-21-31(43)42(22-24-12-6-5-7-13-24)29-18-8-9-19-30(29)47-23-32(44)41(4)33-27(37)16-11-17-28(33)38/h8-11,14-20,24H,5-7,12-13,21-23H2,1-4H3,(H2,39,40,46). The van der Waals surface area contributed by atoms with Crippen LogP contribution >= 0.6 is 0 Å². The highest BCUT2D eigenvalue weighted by atomic mass is 19.1. The second kappa shape index (κ2) is 16.2. The highest BCUT2D eigenvalue weighted by molar-refractivity contribution is 6.00. The third kappa shape index (κ3) is 10.00. The van der Waals surface area contributed by atoms with Crippen LogP contribution < -0.4 is 25.2 Å². The van der Waals surface area contributed by atoms with E-state index in [9.17, 15) is 28.0 Å². The van der Waals surface area contributed by atoms with Crippen molar-refractivity contribution >= 4 is 40.9 Å². The quantitative estimate of drug-likeness (QED) is 0.221. The van der Waals surface area contributed by atoms with Crippen molar-refractivity contribution in [2.75, 3.05) is 41.9 Å². The first-order chi connectivity index (χ1) is 22.8. The van der Waals surface area contributed by atoms with Gasteiger partial charge in [0, 0.05) is 19.3 Å². The zero-order chi connectivity index (χ0) is 34.8. The molecule has 3 aromatic carbocycles. The van der Waals surface area contributed by atoms with Gasteiger partial charge in [0.1, 0.15) is 28.7 Å². The van der Waals surface area contributed by atoms with E-state index in [2.05, 4.69) is 10.6 Å². The molecule has 12 heteroatoms. The van der Waals surface area contributed by atoms with Crippen molar-refractivity contribution in [3.8, 4) is 5.75 Å². The minimum absolute atomic E-state index is 0.219. The molecule has 1 saturated carbocycles. The number of nitrogens with one attached hydrogen (secondary N) is 2. The Balaban J connectivity index is 1.45. The van der Waals surface area contributed by atoms with Gasteiger partial charge in [0.2, 0.25) is 5.91 Å². The van der Waals surface area contributed by atoms with Crippen LogP contribution in [0.25, 0.3) is 0 Å². The van der Waals surface area contributed by atoms with E-state index in [1.807, 2.05) is 0 Å². The number of likely N-dealkylation sites (N-methyl/N-ethyl adjacent to an activating group) is 1. The van der Waals surface area contributed by atoms with Crippen LogP contribution in [0.1, 0.15) is 63.2 Å². The molecule has 1 aliphatic carbocycles. The van der Waals surface area contributed by atoms with E-state index in [-0.39, 0.29) is 23.8 Å². The molecule has 0 heterocycles. The molecule has 4 amide bonds. The highest BCUT2D eigenvalue weighted by Crippen LogP contribution is 2.32. The number of nitrogens with zero attached hydrogens (tertiary/aromatic N) is 2. The number of ether oxygens (including phenoxy) is 2. The van der Waals surface area contributed by atoms with Gasteiger partial charge in [-0.3, -0.25) is 9.59 Å². The fourth-order valence-electron chi connectivity index (χ4n) is 5.42. The number of carbonyl (C=O) groups excluding carboxylic acids is 4. The summed E-state index contributed by atoms with van der Waals surface area (Å²) in [4.78, 5) is 54.3. The summed E-state index contributed by atoms with van der Waals surface area (Å²) in [5.41, 5.74) is -0.177. The molecule has 0 bridgehead atoms. The average molecular weight is 665 g/mol. The molecule has 10 nitrogen and oxygen atoms in total. The number of carbonyl (C=O) groups is 4. The summed E-state index contributed by atoms with van der Waals surface area (Å²) in [6.07, 6.45) is 5.08. The van der Waals surface area contributed by atoms with Crippen molar-refractivity contribution in [3.05, 3.63) is 83.9 Å². The van der Waals surface area contributed by atoms with Gasteiger partial charge in [-0.25, -0.2) is 18.4 Å². The number of esters is 1. The molecular weight excluding hydrogens is 622 g/mol. The number of rotatable bonds is 11. The Morgan fingerprint density at radius 2 is 1.54 bits per heavy atom. The zero-order valence-electron chi connectivity index (χ0n) is 27.7. The van der Waals surface area contributed by atoms with Gasteiger partial charge in [0.25, 0.3) is 5.91 Å². The SMILES string of the molecule is CN(C(=O)COc1ccccc1N(CC1CCCCC1)C(=O)CNC(=O)Nc1cccc(C(=O)OC(C)(C)C)c1)c1c(F)cccc1F. The van der Waals surface area contributed by atoms with Crippen LogP contribution in [0.2, 0.25) is 0 Å². The monoisotopic (exact) mass is 664 g/mol. The summed E-state index contributed by atoms with van der Waals surface area (Å²) in [6.45, 7) is 4.74. The van der Waals surface area contributed by atoms with E-state index >= 15 is 0 Å².